The van der Waals surface area contributed by atoms with Crippen LogP contribution in [0.5, 0.6) is 0 Å². The lowest BCUT2D eigenvalue weighted by Gasteiger charge is -2.14. The van der Waals surface area contributed by atoms with Crippen LogP contribution in [-0.2, 0) is 17.8 Å². The average molecular weight is 281 g/mol. The van der Waals surface area contributed by atoms with Gasteiger partial charge >= 0.3 is 0 Å². The van der Waals surface area contributed by atoms with Crippen LogP contribution in [0.1, 0.15) is 25.1 Å². The Morgan fingerprint density at radius 2 is 2.24 bits per heavy atom. The number of nitrogens with one attached hydrogen (secondary N) is 1. The van der Waals surface area contributed by atoms with Gasteiger partial charge in [-0.05, 0) is 17.9 Å². The molecule has 1 aliphatic rings. The number of nitriles is 1. The minimum Gasteiger partial charge on any atom is -0.313 e. The zero-order valence-corrected chi connectivity index (χ0v) is 11.9. The third-order valence-corrected chi connectivity index (χ3v) is 3.69. The highest BCUT2D eigenvalue weighted by molar-refractivity contribution is 5.77. The number of hydrogen-bond donors (Lipinski definition) is 1. The third-order valence-electron chi connectivity index (χ3n) is 3.69. The number of anilines is 1. The van der Waals surface area contributed by atoms with Crippen LogP contribution in [0.3, 0.4) is 0 Å². The first-order valence-electron chi connectivity index (χ1n) is 6.69. The Labute approximate surface area is 122 Å². The van der Waals surface area contributed by atoms with Crippen LogP contribution < -0.4 is 5.32 Å². The zero-order valence-electron chi connectivity index (χ0n) is 11.9. The quantitative estimate of drug-likeness (QED) is 0.872. The number of rotatable bonds is 3. The van der Waals surface area contributed by atoms with Crippen molar-refractivity contribution in [2.45, 2.75) is 26.8 Å². The smallest absolute Gasteiger partial charge is 0.212 e. The van der Waals surface area contributed by atoms with Crippen molar-refractivity contribution < 1.29 is 4.79 Å². The normalized spacial score (nSPS) is 15.3. The van der Waals surface area contributed by atoms with E-state index < -0.39 is 0 Å². The predicted octanol–water partition coefficient (Wildman–Crippen LogP) is 1.97. The second kappa shape index (κ2) is 4.70. The summed E-state index contributed by atoms with van der Waals surface area (Å²) in [7, 11) is 0. The highest BCUT2D eigenvalue weighted by atomic mass is 16.1. The number of carbonyl (C=O) groups is 1. The predicted molar refractivity (Wildman–Crippen MR) is 77.3 cm³/mol. The Bertz CT molecular complexity index is 754. The molecule has 1 aliphatic heterocycles. The fourth-order valence-electron chi connectivity index (χ4n) is 2.78. The average Bonchev–Trinajstić information content (AvgIpc) is 2.94. The summed E-state index contributed by atoms with van der Waals surface area (Å²) in [5, 5.41) is 16.2. The van der Waals surface area contributed by atoms with E-state index in [0.29, 0.717) is 17.8 Å². The summed E-state index contributed by atoms with van der Waals surface area (Å²) in [5.41, 5.74) is 3.47. The molecule has 6 nitrogen and oxygen atoms in total. The molecule has 0 aliphatic carbocycles. The molecule has 0 spiro atoms. The van der Waals surface area contributed by atoms with Crippen molar-refractivity contribution in [1.29, 1.82) is 5.26 Å². The molecule has 0 radical (unpaired) electrons. The van der Waals surface area contributed by atoms with Crippen LogP contribution in [0.15, 0.2) is 18.5 Å². The monoisotopic (exact) mass is 281 g/mol. The van der Waals surface area contributed by atoms with Gasteiger partial charge in [0.25, 0.3) is 0 Å². The molecule has 106 valence electrons. The maximum atomic E-state index is 10.6. The molecular weight excluding hydrogens is 266 g/mol. The summed E-state index contributed by atoms with van der Waals surface area (Å²) in [4.78, 5) is 14.6. The summed E-state index contributed by atoms with van der Waals surface area (Å²) in [6, 6.07) is 3.87. The van der Waals surface area contributed by atoms with E-state index in [4.69, 9.17) is 0 Å². The minimum absolute atomic E-state index is 0.169. The molecule has 3 rings (SSSR count). The number of nitrogens with zero attached hydrogens (tertiary/aromatic N) is 4. The SMILES string of the molecule is CC1(C)Cc2c(-c3cc(NC=O)ncc3C#N)cnn2C1. The van der Waals surface area contributed by atoms with E-state index in [1.165, 1.54) is 6.20 Å². The molecule has 0 saturated heterocycles. The molecule has 0 atom stereocenters. The lowest BCUT2D eigenvalue weighted by molar-refractivity contribution is -0.105. The maximum absolute atomic E-state index is 10.6. The van der Waals surface area contributed by atoms with Crippen molar-refractivity contribution in [2.75, 3.05) is 5.32 Å². The Kier molecular flexibility index (Phi) is 2.98. The third kappa shape index (κ3) is 2.27. The van der Waals surface area contributed by atoms with E-state index in [9.17, 15) is 10.1 Å². The summed E-state index contributed by atoms with van der Waals surface area (Å²) in [6.07, 6.45) is 4.74. The van der Waals surface area contributed by atoms with Gasteiger partial charge in [0.1, 0.15) is 11.9 Å². The maximum Gasteiger partial charge on any atom is 0.212 e. The van der Waals surface area contributed by atoms with E-state index in [1.807, 2.05) is 4.68 Å². The number of carbonyl (C=O) groups excluding carboxylic acids is 1. The molecule has 1 N–H and O–H groups in total. The number of amides is 1. The molecule has 0 unspecified atom stereocenters. The van der Waals surface area contributed by atoms with Crippen molar-refractivity contribution in [3.63, 3.8) is 0 Å². The number of aromatic nitrogens is 3. The number of fused-ring (bicyclic) bond motifs is 1. The Balaban J connectivity index is 2.12. The van der Waals surface area contributed by atoms with Crippen LogP contribution in [0.4, 0.5) is 5.82 Å². The van der Waals surface area contributed by atoms with Crippen molar-refractivity contribution in [2.24, 2.45) is 5.41 Å². The van der Waals surface area contributed by atoms with Gasteiger partial charge in [-0.15, -0.1) is 0 Å². The second-order valence-corrected chi connectivity index (χ2v) is 5.99. The molecule has 0 saturated carbocycles. The van der Waals surface area contributed by atoms with Crippen molar-refractivity contribution >= 4 is 12.2 Å². The Hall–Kier alpha value is -2.68. The van der Waals surface area contributed by atoms with Crippen molar-refractivity contribution in [3.05, 3.63) is 29.7 Å². The molecular formula is C15H15N5O. The molecule has 6 heteroatoms. The standard InChI is InChI=1S/C15H15N5O/c1-15(2)4-13-12(7-19-20(13)8-15)11-3-14(18-9-21)17-6-10(11)5-16/h3,6-7,9H,4,8H2,1-2H3,(H,17,18,21). The molecule has 0 aromatic carbocycles. The van der Waals surface area contributed by atoms with E-state index in [2.05, 4.69) is 35.3 Å². The van der Waals surface area contributed by atoms with Crippen LogP contribution in [0.25, 0.3) is 11.1 Å². The zero-order chi connectivity index (χ0) is 15.0. The summed E-state index contributed by atoms with van der Waals surface area (Å²) < 4.78 is 1.99. The molecule has 1 amide bonds. The van der Waals surface area contributed by atoms with E-state index in [-0.39, 0.29) is 5.41 Å². The summed E-state index contributed by atoms with van der Waals surface area (Å²) >= 11 is 0. The first-order valence-corrected chi connectivity index (χ1v) is 6.69. The van der Waals surface area contributed by atoms with Crippen LogP contribution in [0.2, 0.25) is 0 Å². The lowest BCUT2D eigenvalue weighted by atomic mass is 9.89. The molecule has 3 heterocycles. The van der Waals surface area contributed by atoms with E-state index >= 15 is 0 Å². The van der Waals surface area contributed by atoms with Gasteiger partial charge in [0.05, 0.1) is 11.8 Å². The van der Waals surface area contributed by atoms with Crippen LogP contribution >= 0.6 is 0 Å². The Morgan fingerprint density at radius 3 is 2.95 bits per heavy atom. The molecule has 2 aromatic rings. The first kappa shape index (κ1) is 13.3. The van der Waals surface area contributed by atoms with Gasteiger partial charge in [0.2, 0.25) is 6.41 Å². The fraction of sp³-hybridized carbons (Fsp3) is 0.333. The van der Waals surface area contributed by atoms with E-state index in [0.717, 1.165) is 29.8 Å². The summed E-state index contributed by atoms with van der Waals surface area (Å²) in [6.45, 7) is 5.26. The molecule has 0 bridgehead atoms. The second-order valence-electron chi connectivity index (χ2n) is 5.99. The Morgan fingerprint density at radius 1 is 1.43 bits per heavy atom. The van der Waals surface area contributed by atoms with Crippen molar-refractivity contribution in [1.82, 2.24) is 14.8 Å². The molecule has 21 heavy (non-hydrogen) atoms. The minimum atomic E-state index is 0.169. The number of hydrogen-bond acceptors (Lipinski definition) is 4. The van der Waals surface area contributed by atoms with Crippen LogP contribution in [-0.4, -0.2) is 21.2 Å². The molecule has 2 aromatic heterocycles. The lowest BCUT2D eigenvalue weighted by Crippen LogP contribution is -2.12. The largest absolute Gasteiger partial charge is 0.313 e. The number of pyridine rings is 1. The fourth-order valence-corrected chi connectivity index (χ4v) is 2.78. The van der Waals surface area contributed by atoms with Gasteiger partial charge in [-0.2, -0.15) is 10.4 Å². The van der Waals surface area contributed by atoms with Crippen LogP contribution in [0, 0.1) is 16.7 Å². The van der Waals surface area contributed by atoms with Gasteiger partial charge < -0.3 is 5.32 Å². The van der Waals surface area contributed by atoms with Crippen molar-refractivity contribution in [3.8, 4) is 17.2 Å². The summed E-state index contributed by atoms with van der Waals surface area (Å²) in [5.74, 6) is 0.427. The van der Waals surface area contributed by atoms with Gasteiger partial charge in [0.15, 0.2) is 0 Å². The van der Waals surface area contributed by atoms with Gasteiger partial charge in [0, 0.05) is 29.6 Å². The first-order chi connectivity index (χ1) is 10.0. The van der Waals surface area contributed by atoms with Gasteiger partial charge in [-0.25, -0.2) is 4.98 Å². The van der Waals surface area contributed by atoms with E-state index in [1.54, 1.807) is 12.3 Å². The molecule has 0 fully saturated rings. The topological polar surface area (TPSA) is 83.6 Å². The highest BCUT2D eigenvalue weighted by Crippen LogP contribution is 2.38. The highest BCUT2D eigenvalue weighted by Gasteiger charge is 2.32. The van der Waals surface area contributed by atoms with Gasteiger partial charge in [-0.1, -0.05) is 13.8 Å². The van der Waals surface area contributed by atoms with Gasteiger partial charge in [-0.3, -0.25) is 9.48 Å².